The highest BCUT2D eigenvalue weighted by atomic mass is 19.4. The molecule has 0 spiro atoms. The first kappa shape index (κ1) is 22.8. The van der Waals surface area contributed by atoms with E-state index < -0.39 is 23.6 Å². The smallest absolute Gasteiger partial charge is 0.357 e. The van der Waals surface area contributed by atoms with Crippen molar-refractivity contribution in [2.45, 2.75) is 25.6 Å². The SMILES string of the molecule is O=C(Nc1ccc(N2CCCC2)nc1)c1cc2ccc(C(F)(F)F)nc2n1Cc1cccc(F)c1. The highest BCUT2D eigenvalue weighted by Gasteiger charge is 2.33. The van der Waals surface area contributed by atoms with Crippen LogP contribution in [0.25, 0.3) is 11.0 Å². The first-order valence-electron chi connectivity index (χ1n) is 11.1. The summed E-state index contributed by atoms with van der Waals surface area (Å²) in [6, 6.07) is 12.8. The van der Waals surface area contributed by atoms with Crippen LogP contribution in [0.1, 0.15) is 34.6 Å². The number of amides is 1. The number of hydrogen-bond donors (Lipinski definition) is 1. The van der Waals surface area contributed by atoms with Crippen molar-refractivity contribution in [2.24, 2.45) is 0 Å². The van der Waals surface area contributed by atoms with Crippen molar-refractivity contribution in [3.05, 3.63) is 83.6 Å². The second-order valence-corrected chi connectivity index (χ2v) is 8.41. The number of alkyl halides is 3. The number of benzene rings is 1. The van der Waals surface area contributed by atoms with Crippen LogP contribution in [0, 0.1) is 5.82 Å². The predicted octanol–water partition coefficient (Wildman–Crippen LogP) is 5.49. The minimum atomic E-state index is -4.65. The van der Waals surface area contributed by atoms with E-state index in [1.165, 1.54) is 34.9 Å². The van der Waals surface area contributed by atoms with Gasteiger partial charge in [0, 0.05) is 25.0 Å². The van der Waals surface area contributed by atoms with Gasteiger partial charge in [0.15, 0.2) is 0 Å². The van der Waals surface area contributed by atoms with Crippen molar-refractivity contribution in [3.8, 4) is 0 Å². The molecule has 1 amide bonds. The minimum Gasteiger partial charge on any atom is -0.357 e. The molecule has 1 aromatic carbocycles. The van der Waals surface area contributed by atoms with Crippen molar-refractivity contribution in [1.29, 1.82) is 0 Å². The van der Waals surface area contributed by atoms with E-state index in [0.29, 0.717) is 16.6 Å². The Morgan fingerprint density at radius 3 is 2.51 bits per heavy atom. The Bertz CT molecular complexity index is 1380. The largest absolute Gasteiger partial charge is 0.433 e. The fraction of sp³-hybridized carbons (Fsp3) is 0.240. The molecule has 1 N–H and O–H groups in total. The summed E-state index contributed by atoms with van der Waals surface area (Å²) < 4.78 is 55.1. The third-order valence-electron chi connectivity index (χ3n) is 5.93. The molecule has 10 heteroatoms. The molecule has 5 rings (SSSR count). The molecule has 3 aromatic heterocycles. The zero-order valence-corrected chi connectivity index (χ0v) is 18.5. The van der Waals surface area contributed by atoms with E-state index in [1.54, 1.807) is 18.3 Å². The van der Waals surface area contributed by atoms with Gasteiger partial charge < -0.3 is 14.8 Å². The molecule has 1 aliphatic heterocycles. The number of rotatable bonds is 5. The number of nitrogens with zero attached hydrogens (tertiary/aromatic N) is 4. The third kappa shape index (κ3) is 4.82. The fourth-order valence-electron chi connectivity index (χ4n) is 4.24. The van der Waals surface area contributed by atoms with E-state index >= 15 is 0 Å². The van der Waals surface area contributed by atoms with Crippen LogP contribution in [0.2, 0.25) is 0 Å². The molecule has 4 heterocycles. The lowest BCUT2D eigenvalue weighted by atomic mass is 10.2. The Kier molecular flexibility index (Phi) is 5.88. The number of anilines is 2. The maximum Gasteiger partial charge on any atom is 0.433 e. The average molecular weight is 483 g/mol. The Morgan fingerprint density at radius 1 is 1.03 bits per heavy atom. The quantitative estimate of drug-likeness (QED) is 0.382. The van der Waals surface area contributed by atoms with Crippen molar-refractivity contribution < 1.29 is 22.4 Å². The van der Waals surface area contributed by atoms with Crippen LogP contribution in [0.3, 0.4) is 0 Å². The highest BCUT2D eigenvalue weighted by Crippen LogP contribution is 2.30. The van der Waals surface area contributed by atoms with Crippen LogP contribution in [0.15, 0.2) is 60.8 Å². The summed E-state index contributed by atoms with van der Waals surface area (Å²) in [5, 5.41) is 3.12. The van der Waals surface area contributed by atoms with Crippen molar-refractivity contribution in [1.82, 2.24) is 14.5 Å². The fourth-order valence-corrected chi connectivity index (χ4v) is 4.24. The van der Waals surface area contributed by atoms with Crippen LogP contribution in [0.5, 0.6) is 0 Å². The lowest BCUT2D eigenvalue weighted by molar-refractivity contribution is -0.141. The van der Waals surface area contributed by atoms with Gasteiger partial charge in [0.05, 0.1) is 11.9 Å². The second kappa shape index (κ2) is 9.01. The van der Waals surface area contributed by atoms with Crippen molar-refractivity contribution >= 4 is 28.4 Å². The normalized spacial score (nSPS) is 14.0. The van der Waals surface area contributed by atoms with Crippen LogP contribution < -0.4 is 10.2 Å². The van der Waals surface area contributed by atoms with Gasteiger partial charge in [0.2, 0.25) is 0 Å². The minimum absolute atomic E-state index is 0.0169. The summed E-state index contributed by atoms with van der Waals surface area (Å²) in [6.07, 6.45) is -0.876. The maximum atomic E-state index is 13.8. The van der Waals surface area contributed by atoms with Crippen molar-refractivity contribution in [2.75, 3.05) is 23.3 Å². The monoisotopic (exact) mass is 483 g/mol. The van der Waals surface area contributed by atoms with Gasteiger partial charge in [-0.05, 0) is 60.9 Å². The molecule has 1 saturated heterocycles. The number of nitrogens with one attached hydrogen (secondary N) is 1. The number of carbonyl (C=O) groups is 1. The lowest BCUT2D eigenvalue weighted by Gasteiger charge is -2.16. The maximum absolute atomic E-state index is 13.8. The molecule has 6 nitrogen and oxygen atoms in total. The van der Waals surface area contributed by atoms with Crippen LogP contribution >= 0.6 is 0 Å². The molecular weight excluding hydrogens is 462 g/mol. The van der Waals surface area contributed by atoms with Crippen molar-refractivity contribution in [3.63, 3.8) is 0 Å². The number of carbonyl (C=O) groups excluding carboxylic acids is 1. The van der Waals surface area contributed by atoms with E-state index in [-0.39, 0.29) is 17.9 Å². The van der Waals surface area contributed by atoms with Gasteiger partial charge in [-0.2, -0.15) is 13.2 Å². The van der Waals surface area contributed by atoms with E-state index in [4.69, 9.17) is 0 Å². The van der Waals surface area contributed by atoms with Gasteiger partial charge in [-0.1, -0.05) is 12.1 Å². The van der Waals surface area contributed by atoms with E-state index in [2.05, 4.69) is 20.2 Å². The highest BCUT2D eigenvalue weighted by molar-refractivity contribution is 6.06. The molecular formula is C25H21F4N5O. The Labute approximate surface area is 198 Å². The van der Waals surface area contributed by atoms with Crippen LogP contribution in [-0.4, -0.2) is 33.5 Å². The van der Waals surface area contributed by atoms with Gasteiger partial charge >= 0.3 is 6.18 Å². The average Bonchev–Trinajstić information content (AvgIpc) is 3.48. The number of fused-ring (bicyclic) bond motifs is 1. The zero-order valence-electron chi connectivity index (χ0n) is 18.5. The molecule has 35 heavy (non-hydrogen) atoms. The van der Waals surface area contributed by atoms with E-state index in [0.717, 1.165) is 37.8 Å². The lowest BCUT2D eigenvalue weighted by Crippen LogP contribution is -2.20. The Balaban J connectivity index is 1.49. The zero-order chi connectivity index (χ0) is 24.6. The summed E-state index contributed by atoms with van der Waals surface area (Å²) in [5.74, 6) is -0.202. The number of halogens is 4. The summed E-state index contributed by atoms with van der Waals surface area (Å²) in [5.41, 5.74) is -0.0643. The number of aromatic nitrogens is 3. The molecule has 1 fully saturated rings. The molecule has 0 aliphatic carbocycles. The van der Waals surface area contributed by atoms with E-state index in [9.17, 15) is 22.4 Å². The first-order valence-corrected chi connectivity index (χ1v) is 11.1. The third-order valence-corrected chi connectivity index (χ3v) is 5.93. The van der Waals surface area contributed by atoms with Gasteiger partial charge in [0.1, 0.15) is 28.7 Å². The van der Waals surface area contributed by atoms with Gasteiger partial charge in [-0.3, -0.25) is 4.79 Å². The first-order chi connectivity index (χ1) is 16.8. The molecule has 0 unspecified atom stereocenters. The topological polar surface area (TPSA) is 63.1 Å². The summed E-state index contributed by atoms with van der Waals surface area (Å²) in [6.45, 7) is 1.84. The standard InChI is InChI=1S/C25H21F4N5O/c26-18-5-3-4-16(12-18)15-34-20(13-17-6-8-21(25(27,28)29)32-23(17)34)24(35)31-19-7-9-22(30-14-19)33-10-1-2-11-33/h3-9,12-14H,1-2,10-11,15H2,(H,31,35). The Morgan fingerprint density at radius 2 is 1.83 bits per heavy atom. The summed E-state index contributed by atoms with van der Waals surface area (Å²) in [4.78, 5) is 23.5. The predicted molar refractivity (Wildman–Crippen MR) is 124 cm³/mol. The molecule has 1 aliphatic rings. The summed E-state index contributed by atoms with van der Waals surface area (Å²) in [7, 11) is 0. The molecule has 4 aromatic rings. The second-order valence-electron chi connectivity index (χ2n) is 8.41. The molecule has 180 valence electrons. The van der Waals surface area contributed by atoms with Crippen LogP contribution in [0.4, 0.5) is 29.1 Å². The molecule has 0 radical (unpaired) electrons. The molecule has 0 bridgehead atoms. The molecule has 0 saturated carbocycles. The number of hydrogen-bond acceptors (Lipinski definition) is 4. The van der Waals surface area contributed by atoms with E-state index in [1.807, 2.05) is 6.07 Å². The van der Waals surface area contributed by atoms with Gasteiger partial charge in [-0.15, -0.1) is 0 Å². The molecule has 0 atom stereocenters. The van der Waals surface area contributed by atoms with Crippen LogP contribution in [-0.2, 0) is 12.7 Å². The summed E-state index contributed by atoms with van der Waals surface area (Å²) >= 11 is 0. The number of pyridine rings is 2. The van der Waals surface area contributed by atoms with Gasteiger partial charge in [0.25, 0.3) is 5.91 Å². The Hall–Kier alpha value is -3.95. The van der Waals surface area contributed by atoms with Gasteiger partial charge in [-0.25, -0.2) is 14.4 Å².